The quantitative estimate of drug-likeness (QED) is 0.404. The van der Waals surface area contributed by atoms with Gasteiger partial charge in [0.05, 0.1) is 33.6 Å². The van der Waals surface area contributed by atoms with E-state index in [2.05, 4.69) is 26.0 Å². The average Bonchev–Trinajstić information content (AvgIpc) is 3.16. The molecule has 1 aliphatic rings. The maximum Gasteiger partial charge on any atom is 0.267 e. The van der Waals surface area contributed by atoms with E-state index in [0.29, 0.717) is 16.8 Å². The maximum absolute atomic E-state index is 13.7. The number of hydrogen-bond acceptors (Lipinski definition) is 4. The number of amides is 2. The van der Waals surface area contributed by atoms with E-state index in [9.17, 15) is 18.4 Å². The summed E-state index contributed by atoms with van der Waals surface area (Å²) in [5.74, 6) is -2.52. The molecule has 0 bridgehead atoms. The molecule has 30 heavy (non-hydrogen) atoms. The summed E-state index contributed by atoms with van der Waals surface area (Å²) >= 11 is 3.33. The number of nitrogens with zero attached hydrogens (tertiary/aromatic N) is 4. The first-order valence-electron chi connectivity index (χ1n) is 8.84. The number of fused-ring (bicyclic) bond motifs is 3. The van der Waals surface area contributed by atoms with Crippen LogP contribution in [0.1, 0.15) is 26.4 Å². The molecule has 0 saturated heterocycles. The van der Waals surface area contributed by atoms with Crippen LogP contribution in [0.5, 0.6) is 0 Å². The highest BCUT2D eigenvalue weighted by molar-refractivity contribution is 9.10. The average molecular weight is 469 g/mol. The number of carbonyl (C=O) groups is 2. The standard InChI is InChI=1S/C21H11BrF2N4O2/c1-10-17-18-16(20(29)27(21(18)30)14-4-2-11(22)3-5-14)9-25-19(17)28(26-10)15-7-12(23)6-13(24)8-15/h2-9H,1H3. The highest BCUT2D eigenvalue weighted by atomic mass is 79.9. The maximum atomic E-state index is 13.7. The number of anilines is 1. The van der Waals surface area contributed by atoms with Gasteiger partial charge in [-0.2, -0.15) is 5.10 Å². The van der Waals surface area contributed by atoms with Crippen molar-refractivity contribution in [2.75, 3.05) is 4.90 Å². The fourth-order valence-corrected chi connectivity index (χ4v) is 3.89. The summed E-state index contributed by atoms with van der Waals surface area (Å²) in [5.41, 5.74) is 1.53. The molecular weight excluding hydrogens is 458 g/mol. The summed E-state index contributed by atoms with van der Waals surface area (Å²) in [4.78, 5) is 31.5. The van der Waals surface area contributed by atoms with Crippen molar-refractivity contribution in [2.45, 2.75) is 6.92 Å². The minimum atomic E-state index is -0.764. The van der Waals surface area contributed by atoms with Crippen molar-refractivity contribution in [3.05, 3.63) is 81.6 Å². The molecule has 0 fully saturated rings. The number of rotatable bonds is 2. The Kier molecular flexibility index (Phi) is 4.04. The van der Waals surface area contributed by atoms with Crippen LogP contribution in [-0.4, -0.2) is 26.6 Å². The van der Waals surface area contributed by atoms with E-state index < -0.39 is 23.4 Å². The molecule has 148 valence electrons. The van der Waals surface area contributed by atoms with Crippen molar-refractivity contribution < 1.29 is 18.4 Å². The van der Waals surface area contributed by atoms with Crippen LogP contribution in [0.4, 0.5) is 14.5 Å². The first-order chi connectivity index (χ1) is 14.3. The molecule has 1 aliphatic heterocycles. The molecule has 9 heteroatoms. The predicted molar refractivity (Wildman–Crippen MR) is 109 cm³/mol. The first-order valence-corrected chi connectivity index (χ1v) is 9.63. The van der Waals surface area contributed by atoms with Crippen molar-refractivity contribution in [3.63, 3.8) is 0 Å². The molecule has 5 rings (SSSR count). The Labute approximate surface area is 176 Å². The van der Waals surface area contributed by atoms with Gasteiger partial charge in [-0.05, 0) is 43.3 Å². The minimum Gasteiger partial charge on any atom is -0.268 e. The summed E-state index contributed by atoms with van der Waals surface area (Å²) < 4.78 is 29.5. The van der Waals surface area contributed by atoms with Gasteiger partial charge in [-0.25, -0.2) is 23.3 Å². The van der Waals surface area contributed by atoms with Crippen molar-refractivity contribution in [2.24, 2.45) is 0 Å². The van der Waals surface area contributed by atoms with Crippen molar-refractivity contribution in [1.82, 2.24) is 14.8 Å². The van der Waals surface area contributed by atoms with Gasteiger partial charge in [-0.15, -0.1) is 0 Å². The SMILES string of the molecule is Cc1nn(-c2cc(F)cc(F)c2)c2ncc3c(c12)C(=O)N(c1ccc(Br)cc1)C3=O. The lowest BCUT2D eigenvalue weighted by molar-refractivity contribution is 0.0926. The van der Waals surface area contributed by atoms with Crippen molar-refractivity contribution in [3.8, 4) is 5.69 Å². The number of pyridine rings is 1. The topological polar surface area (TPSA) is 68.1 Å². The Balaban J connectivity index is 1.72. The van der Waals surface area contributed by atoms with Crippen LogP contribution in [0.2, 0.25) is 0 Å². The second-order valence-electron chi connectivity index (χ2n) is 6.79. The lowest BCUT2D eigenvalue weighted by atomic mass is 10.1. The number of hydrogen-bond donors (Lipinski definition) is 0. The van der Waals surface area contributed by atoms with Crippen LogP contribution in [0.25, 0.3) is 16.7 Å². The Bertz CT molecular complexity index is 1360. The van der Waals surface area contributed by atoms with Gasteiger partial charge in [0.1, 0.15) is 11.6 Å². The largest absolute Gasteiger partial charge is 0.268 e. The Morgan fingerprint density at radius 1 is 0.933 bits per heavy atom. The van der Waals surface area contributed by atoms with Gasteiger partial charge in [-0.1, -0.05) is 15.9 Å². The van der Waals surface area contributed by atoms with Gasteiger partial charge in [0.2, 0.25) is 0 Å². The smallest absolute Gasteiger partial charge is 0.267 e. The number of carbonyl (C=O) groups excluding carboxylic acids is 2. The van der Waals surface area contributed by atoms with E-state index in [0.717, 1.165) is 27.6 Å². The Morgan fingerprint density at radius 3 is 2.27 bits per heavy atom. The first kappa shape index (κ1) is 18.6. The number of benzene rings is 2. The second kappa shape index (κ2) is 6.53. The number of imide groups is 1. The van der Waals surface area contributed by atoms with Gasteiger partial charge in [0.25, 0.3) is 11.8 Å². The van der Waals surface area contributed by atoms with Crippen LogP contribution in [-0.2, 0) is 0 Å². The van der Waals surface area contributed by atoms with E-state index >= 15 is 0 Å². The van der Waals surface area contributed by atoms with Crippen LogP contribution < -0.4 is 4.90 Å². The van der Waals surface area contributed by atoms with Gasteiger partial charge in [-0.3, -0.25) is 9.59 Å². The lowest BCUT2D eigenvalue weighted by Crippen LogP contribution is -2.29. The van der Waals surface area contributed by atoms with Gasteiger partial charge in [0.15, 0.2) is 5.65 Å². The highest BCUT2D eigenvalue weighted by Gasteiger charge is 2.40. The van der Waals surface area contributed by atoms with Crippen LogP contribution in [0, 0.1) is 18.6 Å². The van der Waals surface area contributed by atoms with E-state index in [-0.39, 0.29) is 22.5 Å². The minimum absolute atomic E-state index is 0.125. The van der Waals surface area contributed by atoms with Crippen LogP contribution in [0.15, 0.2) is 53.1 Å². The Hall–Kier alpha value is -3.46. The molecule has 0 saturated carbocycles. The number of aryl methyl sites for hydroxylation is 1. The third kappa shape index (κ3) is 2.66. The van der Waals surface area contributed by atoms with E-state index in [1.807, 2.05) is 0 Å². The summed E-state index contributed by atoms with van der Waals surface area (Å²) in [6, 6.07) is 9.76. The monoisotopic (exact) mass is 468 g/mol. The van der Waals surface area contributed by atoms with Crippen molar-refractivity contribution in [1.29, 1.82) is 0 Å². The van der Waals surface area contributed by atoms with E-state index in [1.165, 1.54) is 10.9 Å². The zero-order chi connectivity index (χ0) is 21.2. The van der Waals surface area contributed by atoms with Crippen LogP contribution >= 0.6 is 15.9 Å². The third-order valence-electron chi connectivity index (χ3n) is 4.90. The fourth-order valence-electron chi connectivity index (χ4n) is 3.63. The molecule has 0 atom stereocenters. The van der Waals surface area contributed by atoms with E-state index in [4.69, 9.17) is 0 Å². The molecular formula is C21H11BrF2N4O2. The third-order valence-corrected chi connectivity index (χ3v) is 5.43. The Morgan fingerprint density at radius 2 is 1.60 bits per heavy atom. The summed E-state index contributed by atoms with van der Waals surface area (Å²) in [5, 5.41) is 4.69. The molecule has 0 unspecified atom stereocenters. The molecule has 2 aromatic heterocycles. The van der Waals surface area contributed by atoms with E-state index in [1.54, 1.807) is 31.2 Å². The van der Waals surface area contributed by atoms with Crippen LogP contribution in [0.3, 0.4) is 0 Å². The number of aromatic nitrogens is 3. The van der Waals surface area contributed by atoms with Gasteiger partial charge < -0.3 is 0 Å². The molecule has 3 heterocycles. The normalized spacial score (nSPS) is 13.4. The second-order valence-corrected chi connectivity index (χ2v) is 7.71. The summed E-state index contributed by atoms with van der Waals surface area (Å²) in [6.45, 7) is 1.65. The van der Waals surface area contributed by atoms with Crippen molar-refractivity contribution >= 4 is 44.5 Å². The summed E-state index contributed by atoms with van der Waals surface area (Å²) in [6.07, 6.45) is 1.30. The molecule has 0 aliphatic carbocycles. The number of halogens is 3. The molecule has 2 amide bonds. The molecule has 4 aromatic rings. The molecule has 0 radical (unpaired) electrons. The summed E-state index contributed by atoms with van der Waals surface area (Å²) in [7, 11) is 0. The lowest BCUT2D eigenvalue weighted by Gasteiger charge is -2.13. The molecule has 0 spiro atoms. The molecule has 0 N–H and O–H groups in total. The molecule has 2 aromatic carbocycles. The highest BCUT2D eigenvalue weighted by Crippen LogP contribution is 2.35. The van der Waals surface area contributed by atoms with Gasteiger partial charge in [0, 0.05) is 16.7 Å². The zero-order valence-corrected chi connectivity index (χ0v) is 16.9. The zero-order valence-electron chi connectivity index (χ0n) is 15.4. The van der Waals surface area contributed by atoms with Gasteiger partial charge >= 0.3 is 0 Å². The molecule has 6 nitrogen and oxygen atoms in total. The predicted octanol–water partition coefficient (Wildman–Crippen LogP) is 4.57. The fraction of sp³-hybridized carbons (Fsp3) is 0.0476.